The van der Waals surface area contributed by atoms with Crippen LogP contribution in [0.1, 0.15) is 5.56 Å². The summed E-state index contributed by atoms with van der Waals surface area (Å²) in [6.45, 7) is 3.97. The SMILES string of the molecule is CN1CCOC(COc2cc3c(cc2CCN)OCO3)C1. The number of morpholine rings is 1. The molecule has 1 aromatic carbocycles. The largest absolute Gasteiger partial charge is 0.490 e. The molecule has 0 spiro atoms. The van der Waals surface area contributed by atoms with E-state index in [0.717, 1.165) is 48.9 Å². The van der Waals surface area contributed by atoms with Crippen molar-refractivity contribution in [2.45, 2.75) is 12.5 Å². The summed E-state index contributed by atoms with van der Waals surface area (Å²) < 4.78 is 22.5. The summed E-state index contributed by atoms with van der Waals surface area (Å²) in [6.07, 6.45) is 0.845. The Kier molecular flexibility index (Phi) is 4.48. The third-order valence-corrected chi connectivity index (χ3v) is 3.74. The molecule has 0 bridgehead atoms. The number of likely N-dealkylation sites (N-methyl/N-ethyl adjacent to an activating group) is 1. The second-order valence-corrected chi connectivity index (χ2v) is 5.42. The molecule has 0 saturated carbocycles. The molecule has 2 heterocycles. The second-order valence-electron chi connectivity index (χ2n) is 5.42. The van der Waals surface area contributed by atoms with E-state index >= 15 is 0 Å². The second kappa shape index (κ2) is 6.51. The van der Waals surface area contributed by atoms with Crippen LogP contribution in [0.4, 0.5) is 0 Å². The molecule has 0 aromatic heterocycles. The van der Waals surface area contributed by atoms with Gasteiger partial charge in [0.15, 0.2) is 11.5 Å². The Morgan fingerprint density at radius 2 is 2.14 bits per heavy atom. The van der Waals surface area contributed by atoms with E-state index < -0.39 is 0 Å². The highest BCUT2D eigenvalue weighted by Gasteiger charge is 2.21. The van der Waals surface area contributed by atoms with Crippen molar-refractivity contribution in [3.05, 3.63) is 17.7 Å². The zero-order valence-corrected chi connectivity index (χ0v) is 12.3. The van der Waals surface area contributed by atoms with Crippen LogP contribution < -0.4 is 19.9 Å². The molecule has 2 N–H and O–H groups in total. The van der Waals surface area contributed by atoms with Gasteiger partial charge in [-0.25, -0.2) is 0 Å². The maximum absolute atomic E-state index is 5.96. The van der Waals surface area contributed by atoms with E-state index in [-0.39, 0.29) is 12.9 Å². The Balaban J connectivity index is 1.68. The quantitative estimate of drug-likeness (QED) is 0.859. The van der Waals surface area contributed by atoms with E-state index in [2.05, 4.69) is 11.9 Å². The summed E-state index contributed by atoms with van der Waals surface area (Å²) in [7, 11) is 2.09. The molecule has 2 aliphatic rings. The third kappa shape index (κ3) is 3.40. The van der Waals surface area contributed by atoms with E-state index in [9.17, 15) is 0 Å². The van der Waals surface area contributed by atoms with Gasteiger partial charge in [-0.2, -0.15) is 0 Å². The molecule has 0 amide bonds. The lowest BCUT2D eigenvalue weighted by molar-refractivity contribution is -0.0404. The Morgan fingerprint density at radius 1 is 1.33 bits per heavy atom. The average Bonchev–Trinajstić information content (AvgIpc) is 2.92. The Bertz CT molecular complexity index is 495. The van der Waals surface area contributed by atoms with Crippen LogP contribution in [0.15, 0.2) is 12.1 Å². The van der Waals surface area contributed by atoms with Gasteiger partial charge in [-0.1, -0.05) is 0 Å². The molecule has 1 unspecified atom stereocenters. The Morgan fingerprint density at radius 3 is 2.90 bits per heavy atom. The molecule has 6 heteroatoms. The van der Waals surface area contributed by atoms with E-state index in [1.54, 1.807) is 0 Å². The van der Waals surface area contributed by atoms with Crippen molar-refractivity contribution in [1.29, 1.82) is 0 Å². The van der Waals surface area contributed by atoms with Crippen LogP contribution >= 0.6 is 0 Å². The van der Waals surface area contributed by atoms with Crippen molar-refractivity contribution in [3.8, 4) is 17.2 Å². The van der Waals surface area contributed by atoms with Crippen molar-refractivity contribution in [2.75, 3.05) is 46.7 Å². The molecule has 0 aliphatic carbocycles. The van der Waals surface area contributed by atoms with Gasteiger partial charge in [-0.15, -0.1) is 0 Å². The molecule has 21 heavy (non-hydrogen) atoms. The molecular formula is C15H22N2O4. The zero-order chi connectivity index (χ0) is 14.7. The molecule has 1 fully saturated rings. The average molecular weight is 294 g/mol. The molecule has 1 atom stereocenters. The maximum Gasteiger partial charge on any atom is 0.231 e. The predicted molar refractivity (Wildman–Crippen MR) is 78.1 cm³/mol. The number of nitrogens with zero attached hydrogens (tertiary/aromatic N) is 1. The monoisotopic (exact) mass is 294 g/mol. The fourth-order valence-corrected chi connectivity index (χ4v) is 2.60. The topological polar surface area (TPSA) is 66.2 Å². The van der Waals surface area contributed by atoms with Gasteiger partial charge < -0.3 is 29.6 Å². The molecule has 2 aliphatic heterocycles. The first-order valence-corrected chi connectivity index (χ1v) is 7.32. The highest BCUT2D eigenvalue weighted by molar-refractivity contribution is 5.52. The molecular weight excluding hydrogens is 272 g/mol. The van der Waals surface area contributed by atoms with Gasteiger partial charge in [-0.05, 0) is 31.6 Å². The van der Waals surface area contributed by atoms with Crippen molar-refractivity contribution in [3.63, 3.8) is 0 Å². The van der Waals surface area contributed by atoms with Crippen molar-refractivity contribution >= 4 is 0 Å². The molecule has 3 rings (SSSR count). The fourth-order valence-electron chi connectivity index (χ4n) is 2.60. The van der Waals surface area contributed by atoms with Crippen LogP contribution in [-0.4, -0.2) is 57.7 Å². The standard InChI is InChI=1S/C15H22N2O4/c1-17-4-5-18-12(8-17)9-19-13-7-15-14(20-10-21-15)6-11(13)2-3-16/h6-7,12H,2-5,8-10,16H2,1H3. The minimum atomic E-state index is 0.0971. The van der Waals surface area contributed by atoms with Crippen LogP contribution in [0.2, 0.25) is 0 Å². The first kappa shape index (κ1) is 14.4. The van der Waals surface area contributed by atoms with Crippen molar-refractivity contribution in [2.24, 2.45) is 5.73 Å². The first-order valence-electron chi connectivity index (χ1n) is 7.32. The minimum absolute atomic E-state index is 0.0971. The smallest absolute Gasteiger partial charge is 0.231 e. The summed E-state index contributed by atoms with van der Waals surface area (Å²) in [5.41, 5.74) is 6.72. The highest BCUT2D eigenvalue weighted by Crippen LogP contribution is 2.38. The van der Waals surface area contributed by atoms with Gasteiger partial charge in [0.25, 0.3) is 0 Å². The number of rotatable bonds is 5. The number of fused-ring (bicyclic) bond motifs is 1. The van der Waals surface area contributed by atoms with Gasteiger partial charge in [0, 0.05) is 19.2 Å². The fraction of sp³-hybridized carbons (Fsp3) is 0.600. The normalized spacial score (nSPS) is 21.5. The predicted octanol–water partition coefficient (Wildman–Crippen LogP) is 0.626. The number of hydrogen-bond donors (Lipinski definition) is 1. The Hall–Kier alpha value is -1.50. The number of benzene rings is 1. The molecule has 1 aromatic rings. The van der Waals surface area contributed by atoms with E-state index in [4.69, 9.17) is 24.7 Å². The van der Waals surface area contributed by atoms with Crippen LogP contribution in [0.3, 0.4) is 0 Å². The van der Waals surface area contributed by atoms with Crippen molar-refractivity contribution < 1.29 is 18.9 Å². The van der Waals surface area contributed by atoms with Gasteiger partial charge >= 0.3 is 0 Å². The minimum Gasteiger partial charge on any atom is -0.490 e. The van der Waals surface area contributed by atoms with Crippen LogP contribution in [0, 0.1) is 0 Å². The van der Waals surface area contributed by atoms with E-state index in [0.29, 0.717) is 13.2 Å². The lowest BCUT2D eigenvalue weighted by Gasteiger charge is -2.30. The summed E-state index contributed by atoms with van der Waals surface area (Å²) in [6, 6.07) is 3.85. The molecule has 116 valence electrons. The van der Waals surface area contributed by atoms with Gasteiger partial charge in [-0.3, -0.25) is 0 Å². The maximum atomic E-state index is 5.96. The third-order valence-electron chi connectivity index (χ3n) is 3.74. The zero-order valence-electron chi connectivity index (χ0n) is 12.3. The number of nitrogens with two attached hydrogens (primary N) is 1. The summed E-state index contributed by atoms with van der Waals surface area (Å²) in [5.74, 6) is 2.30. The summed E-state index contributed by atoms with van der Waals surface area (Å²) >= 11 is 0. The van der Waals surface area contributed by atoms with Crippen LogP contribution in [-0.2, 0) is 11.2 Å². The van der Waals surface area contributed by atoms with Gasteiger partial charge in [0.2, 0.25) is 6.79 Å². The summed E-state index contributed by atoms with van der Waals surface area (Å²) in [5, 5.41) is 0. The van der Waals surface area contributed by atoms with Crippen LogP contribution in [0.25, 0.3) is 0 Å². The van der Waals surface area contributed by atoms with Crippen LogP contribution in [0.5, 0.6) is 17.2 Å². The van der Waals surface area contributed by atoms with E-state index in [1.165, 1.54) is 0 Å². The van der Waals surface area contributed by atoms with Crippen molar-refractivity contribution in [1.82, 2.24) is 4.90 Å². The van der Waals surface area contributed by atoms with Gasteiger partial charge in [0.1, 0.15) is 18.5 Å². The lowest BCUT2D eigenvalue weighted by Crippen LogP contribution is -2.42. The molecule has 1 saturated heterocycles. The lowest BCUT2D eigenvalue weighted by atomic mass is 10.1. The summed E-state index contributed by atoms with van der Waals surface area (Å²) in [4.78, 5) is 2.25. The highest BCUT2D eigenvalue weighted by atomic mass is 16.7. The number of ether oxygens (including phenoxy) is 4. The molecule has 0 radical (unpaired) electrons. The molecule has 6 nitrogen and oxygen atoms in total. The first-order chi connectivity index (χ1) is 10.3. The van der Waals surface area contributed by atoms with Gasteiger partial charge in [0.05, 0.1) is 6.61 Å². The number of hydrogen-bond acceptors (Lipinski definition) is 6. The Labute approximate surface area is 124 Å². The van der Waals surface area contributed by atoms with E-state index in [1.807, 2.05) is 12.1 Å².